The van der Waals surface area contributed by atoms with Crippen molar-refractivity contribution in [2.75, 3.05) is 7.11 Å². The molecule has 0 amide bonds. The van der Waals surface area contributed by atoms with E-state index in [0.29, 0.717) is 22.8 Å². The summed E-state index contributed by atoms with van der Waals surface area (Å²) in [6.07, 6.45) is 2.49. The molecule has 0 fully saturated rings. The Bertz CT molecular complexity index is 1230. The summed E-state index contributed by atoms with van der Waals surface area (Å²) < 4.78 is 24.6. The number of allylic oxidation sites excluding steroid dienone is 2. The lowest BCUT2D eigenvalue weighted by molar-refractivity contribution is -0.131. The van der Waals surface area contributed by atoms with E-state index >= 15 is 0 Å². The second-order valence-electron chi connectivity index (χ2n) is 7.88. The molecule has 0 bridgehead atoms. The van der Waals surface area contributed by atoms with Gasteiger partial charge in [0.25, 0.3) is 0 Å². The summed E-state index contributed by atoms with van der Waals surface area (Å²) in [7, 11) is 1.48. The molecule has 4 nitrogen and oxygen atoms in total. The van der Waals surface area contributed by atoms with Crippen LogP contribution in [-0.2, 0) is 4.79 Å². The van der Waals surface area contributed by atoms with E-state index in [0.717, 1.165) is 16.7 Å². The number of benzene rings is 3. The molecule has 0 aromatic heterocycles. The zero-order valence-electron chi connectivity index (χ0n) is 18.2. The number of halogens is 2. The highest BCUT2D eigenvalue weighted by atomic mass is 35.5. The summed E-state index contributed by atoms with van der Waals surface area (Å²) in [5, 5.41) is 0.622. The number of methoxy groups -OCH3 is 1. The Kier molecular flexibility index (Phi) is 6.61. The highest BCUT2D eigenvalue weighted by Crippen LogP contribution is 2.47. The quantitative estimate of drug-likeness (QED) is 0.238. The Morgan fingerprint density at radius 2 is 1.73 bits per heavy atom. The average molecular weight is 465 g/mol. The van der Waals surface area contributed by atoms with Gasteiger partial charge in [-0.05, 0) is 53.5 Å². The molecule has 33 heavy (non-hydrogen) atoms. The summed E-state index contributed by atoms with van der Waals surface area (Å²) in [5.41, 5.74) is 2.99. The van der Waals surface area contributed by atoms with E-state index < -0.39 is 17.7 Å². The Morgan fingerprint density at radius 1 is 1.00 bits per heavy atom. The topological polar surface area (TPSA) is 52.6 Å². The third-order valence-corrected chi connectivity index (χ3v) is 6.03. The average Bonchev–Trinajstić information content (AvgIpc) is 3.24. The van der Waals surface area contributed by atoms with Gasteiger partial charge in [0.1, 0.15) is 17.3 Å². The predicted octanol–water partition coefficient (Wildman–Crippen LogP) is 6.48. The van der Waals surface area contributed by atoms with Crippen molar-refractivity contribution < 1.29 is 23.5 Å². The number of carbonyl (C=O) groups is 2. The van der Waals surface area contributed by atoms with Crippen LogP contribution in [0.2, 0.25) is 5.02 Å². The van der Waals surface area contributed by atoms with Crippen molar-refractivity contribution in [2.45, 2.75) is 19.3 Å². The van der Waals surface area contributed by atoms with Gasteiger partial charge in [-0.2, -0.15) is 0 Å². The van der Waals surface area contributed by atoms with Gasteiger partial charge in [0, 0.05) is 29.8 Å². The van der Waals surface area contributed by atoms with Crippen LogP contribution in [0.1, 0.15) is 40.7 Å². The lowest BCUT2D eigenvalue weighted by atomic mass is 9.82. The zero-order chi connectivity index (χ0) is 23.5. The first-order valence-electron chi connectivity index (χ1n) is 10.5. The molecule has 2 unspecified atom stereocenters. The summed E-state index contributed by atoms with van der Waals surface area (Å²) in [4.78, 5) is 25.3. The molecule has 3 aromatic carbocycles. The van der Waals surface area contributed by atoms with Gasteiger partial charge < -0.3 is 9.47 Å². The first-order chi connectivity index (χ1) is 15.9. The zero-order valence-corrected chi connectivity index (χ0v) is 18.9. The van der Waals surface area contributed by atoms with E-state index in [1.807, 2.05) is 18.2 Å². The van der Waals surface area contributed by atoms with Gasteiger partial charge >= 0.3 is 5.97 Å². The molecule has 0 heterocycles. The molecule has 0 saturated heterocycles. The number of Topliss-reactive ketones (excluding diaryl/α,β-unsaturated/α-hetero) is 1. The van der Waals surface area contributed by atoms with Gasteiger partial charge in [-0.25, -0.2) is 4.39 Å². The monoisotopic (exact) mass is 464 g/mol. The number of hydrogen-bond donors (Lipinski definition) is 0. The van der Waals surface area contributed by atoms with Crippen LogP contribution in [0.5, 0.6) is 11.5 Å². The smallest absolute Gasteiger partial charge is 0.308 e. The molecule has 0 radical (unpaired) electrons. The molecule has 0 aliphatic heterocycles. The van der Waals surface area contributed by atoms with Crippen molar-refractivity contribution in [1.82, 2.24) is 0 Å². The number of rotatable bonds is 6. The summed E-state index contributed by atoms with van der Waals surface area (Å²) >= 11 is 6.05. The summed E-state index contributed by atoms with van der Waals surface area (Å²) in [6.45, 7) is 1.29. The Balaban J connectivity index is 1.80. The molecule has 6 heteroatoms. The third-order valence-electron chi connectivity index (χ3n) is 5.77. The number of para-hydroxylation sites is 1. The minimum Gasteiger partial charge on any atom is -0.496 e. The standard InChI is InChI=1S/C27H22ClFO4/c1-16(30)33-25-6-4-3-5-22(25)27(31)24-14-18(17-7-9-19(28)10-8-17)13-23(24)21-12-11-20(29)15-26(21)32-2/h3-12,14-15,23-24H,13H2,1-2H3. The number of carbonyl (C=O) groups excluding carboxylic acids is 2. The van der Waals surface area contributed by atoms with Crippen molar-refractivity contribution in [3.63, 3.8) is 0 Å². The van der Waals surface area contributed by atoms with Gasteiger partial charge in [0.15, 0.2) is 5.78 Å². The fraction of sp³-hybridized carbons (Fsp3) is 0.185. The second-order valence-corrected chi connectivity index (χ2v) is 8.31. The van der Waals surface area contributed by atoms with Crippen LogP contribution >= 0.6 is 11.6 Å². The highest BCUT2D eigenvalue weighted by Gasteiger charge is 2.37. The van der Waals surface area contributed by atoms with E-state index in [1.165, 1.54) is 26.2 Å². The molecule has 1 aliphatic rings. The molecule has 2 atom stereocenters. The van der Waals surface area contributed by atoms with Crippen LogP contribution < -0.4 is 9.47 Å². The van der Waals surface area contributed by atoms with Gasteiger partial charge in [-0.1, -0.05) is 48.0 Å². The molecular weight excluding hydrogens is 443 g/mol. The SMILES string of the molecule is COc1cc(F)ccc1C1CC(c2ccc(Cl)cc2)=CC1C(=O)c1ccccc1OC(C)=O. The van der Waals surface area contributed by atoms with Crippen molar-refractivity contribution in [2.24, 2.45) is 5.92 Å². The van der Waals surface area contributed by atoms with Crippen LogP contribution in [0.25, 0.3) is 5.57 Å². The van der Waals surface area contributed by atoms with E-state index in [4.69, 9.17) is 21.1 Å². The van der Waals surface area contributed by atoms with Crippen molar-refractivity contribution >= 4 is 28.9 Å². The molecule has 168 valence electrons. The van der Waals surface area contributed by atoms with Crippen molar-refractivity contribution in [3.8, 4) is 11.5 Å². The third kappa shape index (κ3) is 4.83. The largest absolute Gasteiger partial charge is 0.496 e. The second kappa shape index (κ2) is 9.59. The number of hydrogen-bond acceptors (Lipinski definition) is 4. The predicted molar refractivity (Wildman–Crippen MR) is 125 cm³/mol. The van der Waals surface area contributed by atoms with E-state index in [2.05, 4.69) is 0 Å². The lowest BCUT2D eigenvalue weighted by Gasteiger charge is -2.22. The molecule has 3 aromatic rings. The van der Waals surface area contributed by atoms with Gasteiger partial charge in [-0.3, -0.25) is 9.59 Å². The van der Waals surface area contributed by atoms with Gasteiger partial charge in [0.05, 0.1) is 12.7 Å². The highest BCUT2D eigenvalue weighted by molar-refractivity contribution is 6.30. The van der Waals surface area contributed by atoms with Crippen LogP contribution in [0.4, 0.5) is 4.39 Å². The van der Waals surface area contributed by atoms with Crippen molar-refractivity contribution in [1.29, 1.82) is 0 Å². The molecule has 4 rings (SSSR count). The molecule has 0 N–H and O–H groups in total. The summed E-state index contributed by atoms with van der Waals surface area (Å²) in [5.74, 6) is -1.36. The van der Waals surface area contributed by atoms with Crippen LogP contribution in [-0.4, -0.2) is 18.9 Å². The van der Waals surface area contributed by atoms with Gasteiger partial charge in [0.2, 0.25) is 0 Å². The maximum Gasteiger partial charge on any atom is 0.308 e. The van der Waals surface area contributed by atoms with Crippen LogP contribution in [0.15, 0.2) is 72.8 Å². The maximum absolute atomic E-state index is 13.9. The molecule has 1 aliphatic carbocycles. The number of esters is 1. The van der Waals surface area contributed by atoms with Crippen LogP contribution in [0.3, 0.4) is 0 Å². The summed E-state index contributed by atoms with van der Waals surface area (Å²) in [6, 6.07) is 18.5. The molecule has 0 spiro atoms. The van der Waals surface area contributed by atoms with Crippen LogP contribution in [0, 0.1) is 11.7 Å². The molecule has 0 saturated carbocycles. The number of ketones is 1. The van der Waals surface area contributed by atoms with Gasteiger partial charge in [-0.15, -0.1) is 0 Å². The van der Waals surface area contributed by atoms with E-state index in [1.54, 1.807) is 42.5 Å². The lowest BCUT2D eigenvalue weighted by Crippen LogP contribution is -2.19. The van der Waals surface area contributed by atoms with E-state index in [9.17, 15) is 14.0 Å². The first kappa shape index (κ1) is 22.7. The first-order valence-corrected chi connectivity index (χ1v) is 10.9. The maximum atomic E-state index is 13.9. The minimum absolute atomic E-state index is 0.188. The Morgan fingerprint density at radius 3 is 2.42 bits per heavy atom. The Hall–Kier alpha value is -3.44. The normalized spacial score (nSPS) is 17.4. The van der Waals surface area contributed by atoms with E-state index in [-0.39, 0.29) is 17.5 Å². The fourth-order valence-electron chi connectivity index (χ4n) is 4.29. The Labute approximate surface area is 196 Å². The molecular formula is C27H22ClFO4. The minimum atomic E-state index is -0.563. The fourth-order valence-corrected chi connectivity index (χ4v) is 4.42. The van der Waals surface area contributed by atoms with Crippen molar-refractivity contribution in [3.05, 3.63) is 100 Å². The number of ether oxygens (including phenoxy) is 2.